The van der Waals surface area contributed by atoms with Gasteiger partial charge in [0.15, 0.2) is 0 Å². The SMILES string of the molecule is O=S(=O)(O)O.[H-].[Na+].c1ccc2cccc-2cc1. The molecule has 0 radical (unpaired) electrons. The first-order valence-electron chi connectivity index (χ1n) is 4.10. The second kappa shape index (κ2) is 7.01. The van der Waals surface area contributed by atoms with E-state index in [0.717, 1.165) is 0 Å². The van der Waals surface area contributed by atoms with Crippen molar-refractivity contribution >= 4 is 10.4 Å². The van der Waals surface area contributed by atoms with Gasteiger partial charge in [0.1, 0.15) is 0 Å². The Morgan fingerprint density at radius 2 is 1.12 bits per heavy atom. The molecule has 0 bridgehead atoms. The van der Waals surface area contributed by atoms with Crippen LogP contribution in [0.25, 0.3) is 11.1 Å². The Kier molecular flexibility index (Phi) is 6.82. The third kappa shape index (κ3) is 6.95. The Labute approximate surface area is 118 Å². The first kappa shape index (κ1) is 15.6. The van der Waals surface area contributed by atoms with E-state index in [0.29, 0.717) is 0 Å². The summed E-state index contributed by atoms with van der Waals surface area (Å²) >= 11 is 0. The van der Waals surface area contributed by atoms with Crippen molar-refractivity contribution in [1.82, 2.24) is 0 Å². The molecule has 0 heterocycles. The van der Waals surface area contributed by atoms with Crippen LogP contribution in [0.2, 0.25) is 0 Å². The average Bonchev–Trinajstić information content (AvgIpc) is 2.40. The van der Waals surface area contributed by atoms with E-state index in [9.17, 15) is 0 Å². The van der Waals surface area contributed by atoms with Gasteiger partial charge in [-0.25, -0.2) is 0 Å². The first-order chi connectivity index (χ1) is 6.97. The molecular weight excluding hydrogens is 239 g/mol. The van der Waals surface area contributed by atoms with Gasteiger partial charge in [-0.2, -0.15) is 8.42 Å². The van der Waals surface area contributed by atoms with E-state index in [-0.39, 0.29) is 31.0 Å². The van der Waals surface area contributed by atoms with E-state index in [1.54, 1.807) is 0 Å². The number of fused-ring (bicyclic) bond motifs is 1. The molecule has 2 aliphatic carbocycles. The fourth-order valence-corrected chi connectivity index (χ4v) is 1.13. The third-order valence-corrected chi connectivity index (χ3v) is 1.66. The second-order valence-electron chi connectivity index (χ2n) is 2.79. The molecule has 0 saturated heterocycles. The zero-order valence-corrected chi connectivity index (χ0v) is 11.6. The molecule has 0 aliphatic heterocycles. The molecule has 0 aromatic rings. The third-order valence-electron chi connectivity index (χ3n) is 1.66. The quantitative estimate of drug-likeness (QED) is 0.477. The molecule has 0 fully saturated rings. The minimum absolute atomic E-state index is 0. The maximum atomic E-state index is 8.74. The van der Waals surface area contributed by atoms with Crippen LogP contribution in [0.1, 0.15) is 1.43 Å². The Morgan fingerprint density at radius 3 is 1.50 bits per heavy atom. The van der Waals surface area contributed by atoms with E-state index in [4.69, 9.17) is 17.5 Å². The molecule has 0 amide bonds. The van der Waals surface area contributed by atoms with Crippen LogP contribution in [0.15, 0.2) is 48.5 Å². The Bertz CT molecular complexity index is 468. The molecule has 2 aliphatic rings. The van der Waals surface area contributed by atoms with Crippen LogP contribution in [0, 0.1) is 0 Å². The maximum absolute atomic E-state index is 8.74. The van der Waals surface area contributed by atoms with E-state index >= 15 is 0 Å². The number of rotatable bonds is 0. The summed E-state index contributed by atoms with van der Waals surface area (Å²) in [5, 5.41) is 0. The summed E-state index contributed by atoms with van der Waals surface area (Å²) in [4.78, 5) is 0. The Hall–Kier alpha value is -0.430. The normalized spacial score (nSPS) is 9.88. The molecule has 0 aromatic heterocycles. The number of hydrogen-bond acceptors (Lipinski definition) is 2. The molecule has 4 nitrogen and oxygen atoms in total. The Morgan fingerprint density at radius 1 is 0.812 bits per heavy atom. The van der Waals surface area contributed by atoms with Crippen molar-refractivity contribution in [2.45, 2.75) is 0 Å². The monoisotopic (exact) mass is 250 g/mol. The van der Waals surface area contributed by atoms with Crippen molar-refractivity contribution < 1.29 is 48.5 Å². The van der Waals surface area contributed by atoms with Crippen LogP contribution >= 0.6 is 0 Å². The summed E-state index contributed by atoms with van der Waals surface area (Å²) < 4.78 is 31.6. The van der Waals surface area contributed by atoms with Crippen LogP contribution in [0.3, 0.4) is 0 Å². The van der Waals surface area contributed by atoms with E-state index < -0.39 is 10.4 Å². The van der Waals surface area contributed by atoms with Crippen molar-refractivity contribution in [3.05, 3.63) is 48.5 Å². The molecule has 6 heteroatoms. The number of hydrogen-bond donors (Lipinski definition) is 2. The average molecular weight is 250 g/mol. The van der Waals surface area contributed by atoms with Gasteiger partial charge < -0.3 is 1.43 Å². The van der Waals surface area contributed by atoms with Crippen molar-refractivity contribution in [2.24, 2.45) is 0 Å². The largest absolute Gasteiger partial charge is 1.00 e. The van der Waals surface area contributed by atoms with E-state index in [2.05, 4.69) is 42.5 Å². The van der Waals surface area contributed by atoms with E-state index in [1.807, 2.05) is 6.07 Å². The summed E-state index contributed by atoms with van der Waals surface area (Å²) in [6.45, 7) is 0. The summed E-state index contributed by atoms with van der Waals surface area (Å²) in [5.74, 6) is 0. The predicted molar refractivity (Wildman–Crippen MR) is 58.4 cm³/mol. The fraction of sp³-hybridized carbons (Fsp3) is 0. The maximum Gasteiger partial charge on any atom is 1.00 e. The van der Waals surface area contributed by atoms with E-state index in [1.165, 1.54) is 11.1 Å². The van der Waals surface area contributed by atoms with Crippen LogP contribution in [-0.4, -0.2) is 17.5 Å². The molecule has 0 atom stereocenters. The molecule has 82 valence electrons. The van der Waals surface area contributed by atoms with Crippen LogP contribution in [-0.2, 0) is 10.4 Å². The zero-order valence-electron chi connectivity index (χ0n) is 9.74. The van der Waals surface area contributed by atoms with Crippen molar-refractivity contribution in [1.29, 1.82) is 0 Å². The van der Waals surface area contributed by atoms with Crippen LogP contribution < -0.4 is 29.6 Å². The standard InChI is InChI=1S/C10H8.Na.H2O4S.H/c1-2-5-9-7-4-8-10(9)6-3-1;;1-5(2,3)4;/h1-8H;;(H2,1,2,3,4);/q;+1;;-1. The minimum atomic E-state index is -4.67. The molecule has 2 N–H and O–H groups in total. The van der Waals surface area contributed by atoms with Crippen molar-refractivity contribution in [2.75, 3.05) is 0 Å². The molecule has 16 heavy (non-hydrogen) atoms. The fourth-order valence-electron chi connectivity index (χ4n) is 1.13. The summed E-state index contributed by atoms with van der Waals surface area (Å²) in [6, 6.07) is 16.7. The van der Waals surface area contributed by atoms with Crippen LogP contribution in [0.4, 0.5) is 0 Å². The molecule has 0 saturated carbocycles. The van der Waals surface area contributed by atoms with Gasteiger partial charge in [0.2, 0.25) is 0 Å². The predicted octanol–water partition coefficient (Wildman–Crippen LogP) is -0.745. The van der Waals surface area contributed by atoms with Gasteiger partial charge in [0, 0.05) is 0 Å². The molecule has 0 unspecified atom stereocenters. The summed E-state index contributed by atoms with van der Waals surface area (Å²) in [7, 11) is -4.67. The topological polar surface area (TPSA) is 74.6 Å². The molecular formula is C10H11NaO4S. The van der Waals surface area contributed by atoms with Gasteiger partial charge >= 0.3 is 40.0 Å². The molecule has 0 spiro atoms. The Balaban J connectivity index is 0. The summed E-state index contributed by atoms with van der Waals surface area (Å²) in [5.41, 5.74) is 2.62. The van der Waals surface area contributed by atoms with Gasteiger partial charge in [0.25, 0.3) is 0 Å². The van der Waals surface area contributed by atoms with Gasteiger partial charge in [-0.05, 0) is 11.1 Å². The van der Waals surface area contributed by atoms with Crippen LogP contribution in [0.5, 0.6) is 0 Å². The van der Waals surface area contributed by atoms with Crippen molar-refractivity contribution in [3.8, 4) is 11.1 Å². The second-order valence-corrected chi connectivity index (χ2v) is 3.69. The zero-order chi connectivity index (χ0) is 11.3. The molecule has 2 rings (SSSR count). The minimum Gasteiger partial charge on any atom is -1.00 e. The van der Waals surface area contributed by atoms with Crippen molar-refractivity contribution in [3.63, 3.8) is 0 Å². The van der Waals surface area contributed by atoms with Gasteiger partial charge in [-0.3, -0.25) is 9.11 Å². The van der Waals surface area contributed by atoms with Gasteiger partial charge in [-0.1, -0.05) is 48.5 Å². The van der Waals surface area contributed by atoms with Gasteiger partial charge in [-0.15, -0.1) is 0 Å². The van der Waals surface area contributed by atoms with Gasteiger partial charge in [0.05, 0.1) is 0 Å². The molecule has 0 aromatic carbocycles. The smallest absolute Gasteiger partial charge is 1.00 e. The first-order valence-corrected chi connectivity index (χ1v) is 5.50. The summed E-state index contributed by atoms with van der Waals surface area (Å²) in [6.07, 6.45) is 0.